The molecule has 2 aromatic carbocycles. The molecule has 0 radical (unpaired) electrons. The van der Waals surface area contributed by atoms with Crippen molar-refractivity contribution in [2.75, 3.05) is 27.7 Å². The van der Waals surface area contributed by atoms with Crippen molar-refractivity contribution in [2.24, 2.45) is 4.99 Å². The molecule has 0 aliphatic heterocycles. The Kier molecular flexibility index (Phi) is 6.17. The van der Waals surface area contributed by atoms with Crippen LogP contribution in [0.2, 0.25) is 5.02 Å². The zero-order valence-corrected chi connectivity index (χ0v) is 14.6. The number of phenols is 1. The van der Waals surface area contributed by atoms with Crippen LogP contribution in [0.5, 0.6) is 11.5 Å². The van der Waals surface area contributed by atoms with Gasteiger partial charge in [0.05, 0.1) is 38.3 Å². The first-order valence-corrected chi connectivity index (χ1v) is 7.93. The Morgan fingerprint density at radius 1 is 1.29 bits per heavy atom. The number of phenolic OH excluding ortho intramolecular Hbond substituents is 1. The van der Waals surface area contributed by atoms with Crippen molar-refractivity contribution < 1.29 is 19.1 Å². The highest BCUT2D eigenvalue weighted by Crippen LogP contribution is 2.28. The third kappa shape index (κ3) is 4.04. The lowest BCUT2D eigenvalue weighted by Gasteiger charge is -2.21. The summed E-state index contributed by atoms with van der Waals surface area (Å²) in [4.78, 5) is 5.38. The number of hydrogen-bond donors (Lipinski definition) is 2. The number of quaternary nitrogens is 1. The molecule has 0 saturated heterocycles. The van der Waals surface area contributed by atoms with Crippen LogP contribution < -0.4 is 9.64 Å². The molecule has 0 saturated carbocycles. The molecule has 4 nitrogen and oxygen atoms in total. The predicted octanol–water partition coefficient (Wildman–Crippen LogP) is 2.50. The van der Waals surface area contributed by atoms with E-state index < -0.39 is 0 Å². The Labute approximate surface area is 146 Å². The van der Waals surface area contributed by atoms with Crippen LogP contribution in [0.25, 0.3) is 0 Å². The number of para-hydroxylation sites is 1. The number of rotatable bonds is 6. The number of aliphatic imine (C=N–C) groups is 1. The van der Waals surface area contributed by atoms with Crippen LogP contribution in [0.3, 0.4) is 0 Å². The van der Waals surface area contributed by atoms with Crippen molar-refractivity contribution >= 4 is 17.8 Å². The number of ether oxygens (including phenoxy) is 1. The van der Waals surface area contributed by atoms with Gasteiger partial charge in [0.2, 0.25) is 0 Å². The maximum absolute atomic E-state index is 14.2. The third-order valence-corrected chi connectivity index (χ3v) is 4.14. The average molecular weight is 352 g/mol. The molecule has 24 heavy (non-hydrogen) atoms. The number of nitrogens with zero attached hydrogens (tertiary/aromatic N) is 1. The summed E-state index contributed by atoms with van der Waals surface area (Å²) in [6, 6.07) is 9.58. The van der Waals surface area contributed by atoms with E-state index >= 15 is 0 Å². The molecule has 6 heteroatoms. The number of nitrogens with one attached hydrogen (secondary N) is 1. The van der Waals surface area contributed by atoms with Crippen molar-refractivity contribution in [2.45, 2.75) is 6.04 Å². The zero-order valence-electron chi connectivity index (χ0n) is 13.9. The number of benzene rings is 2. The molecule has 2 aromatic rings. The standard InChI is InChI=1S/C18H20ClFN2O2/c1-22(2)15(17-13(19)7-5-8-14(17)20)11-21-10-12-6-4-9-16(24-3)18(12)23/h4-10,15,23H,11H2,1-3H3/p+1/t15-/m0/s1. The molecule has 1 atom stereocenters. The number of hydrogen-bond acceptors (Lipinski definition) is 3. The molecule has 0 unspecified atom stereocenters. The van der Waals surface area contributed by atoms with Crippen molar-refractivity contribution in [3.63, 3.8) is 0 Å². The number of aromatic hydroxyl groups is 1. The van der Waals surface area contributed by atoms with Gasteiger partial charge in [-0.15, -0.1) is 0 Å². The first-order chi connectivity index (χ1) is 11.5. The highest BCUT2D eigenvalue weighted by atomic mass is 35.5. The van der Waals surface area contributed by atoms with Crippen LogP contribution >= 0.6 is 11.6 Å². The topological polar surface area (TPSA) is 46.3 Å². The molecule has 0 aromatic heterocycles. The molecule has 2 rings (SSSR count). The van der Waals surface area contributed by atoms with Crippen molar-refractivity contribution in [1.29, 1.82) is 0 Å². The minimum absolute atomic E-state index is 0.0291. The normalized spacial score (nSPS) is 12.8. The molecule has 2 N–H and O–H groups in total. The van der Waals surface area contributed by atoms with Crippen LogP contribution in [0.15, 0.2) is 41.4 Å². The van der Waals surface area contributed by atoms with Gasteiger partial charge >= 0.3 is 0 Å². The molecule has 0 aliphatic carbocycles. The second-order valence-corrected chi connectivity index (χ2v) is 6.06. The second-order valence-electron chi connectivity index (χ2n) is 5.66. The molecule has 0 amide bonds. The first kappa shape index (κ1) is 18.2. The van der Waals surface area contributed by atoms with E-state index in [1.165, 1.54) is 13.2 Å². The maximum atomic E-state index is 14.2. The second kappa shape index (κ2) is 8.13. The summed E-state index contributed by atoms with van der Waals surface area (Å²) in [5, 5.41) is 10.5. The minimum Gasteiger partial charge on any atom is -0.504 e. The minimum atomic E-state index is -0.340. The largest absolute Gasteiger partial charge is 0.504 e. The Bertz CT molecular complexity index is 715. The first-order valence-electron chi connectivity index (χ1n) is 7.55. The molecular weight excluding hydrogens is 331 g/mol. The summed E-state index contributed by atoms with van der Waals surface area (Å²) in [5.41, 5.74) is 0.993. The lowest BCUT2D eigenvalue weighted by Crippen LogP contribution is -3.06. The molecule has 0 spiro atoms. The van der Waals surface area contributed by atoms with E-state index in [9.17, 15) is 9.50 Å². The zero-order chi connectivity index (χ0) is 17.7. The van der Waals surface area contributed by atoms with Crippen molar-refractivity contribution in [3.8, 4) is 11.5 Å². The number of likely N-dealkylation sites (N-methyl/N-ethyl adjacent to an activating group) is 1. The van der Waals surface area contributed by atoms with Crippen LogP contribution in [0.4, 0.5) is 4.39 Å². The fourth-order valence-electron chi connectivity index (χ4n) is 2.47. The van der Waals surface area contributed by atoms with Gasteiger partial charge in [0.1, 0.15) is 11.9 Å². The van der Waals surface area contributed by atoms with Crippen LogP contribution in [0.1, 0.15) is 17.2 Å². The van der Waals surface area contributed by atoms with E-state index in [2.05, 4.69) is 4.99 Å². The highest BCUT2D eigenvalue weighted by Gasteiger charge is 2.24. The van der Waals surface area contributed by atoms with Gasteiger partial charge in [-0.2, -0.15) is 0 Å². The summed E-state index contributed by atoms with van der Waals surface area (Å²) < 4.78 is 19.2. The average Bonchev–Trinajstić information content (AvgIpc) is 2.54. The van der Waals surface area contributed by atoms with Crippen molar-refractivity contribution in [3.05, 3.63) is 58.4 Å². The molecule has 0 aliphatic rings. The van der Waals surface area contributed by atoms with E-state index in [1.807, 2.05) is 14.1 Å². The lowest BCUT2D eigenvalue weighted by molar-refractivity contribution is -0.890. The Morgan fingerprint density at radius 3 is 2.62 bits per heavy atom. The third-order valence-electron chi connectivity index (χ3n) is 3.81. The van der Waals surface area contributed by atoms with Gasteiger partial charge in [-0.25, -0.2) is 4.39 Å². The van der Waals surface area contributed by atoms with E-state index in [1.54, 1.807) is 36.5 Å². The van der Waals surface area contributed by atoms with Gasteiger partial charge in [0, 0.05) is 11.8 Å². The van der Waals surface area contributed by atoms with Gasteiger partial charge in [0.25, 0.3) is 0 Å². The molecule has 128 valence electrons. The summed E-state index contributed by atoms with van der Waals surface area (Å²) >= 11 is 6.17. The van der Waals surface area contributed by atoms with Crippen LogP contribution in [0, 0.1) is 5.82 Å². The van der Waals surface area contributed by atoms with Gasteiger partial charge in [0.15, 0.2) is 11.5 Å². The smallest absolute Gasteiger partial charge is 0.166 e. The fourth-order valence-corrected chi connectivity index (χ4v) is 2.77. The van der Waals surface area contributed by atoms with E-state index in [-0.39, 0.29) is 17.6 Å². The summed E-state index contributed by atoms with van der Waals surface area (Å²) in [5.74, 6) is 0.0698. The van der Waals surface area contributed by atoms with E-state index in [0.29, 0.717) is 28.4 Å². The van der Waals surface area contributed by atoms with Gasteiger partial charge in [-0.1, -0.05) is 23.7 Å². The number of halogens is 2. The maximum Gasteiger partial charge on any atom is 0.166 e. The molecule has 0 fully saturated rings. The van der Waals surface area contributed by atoms with Gasteiger partial charge in [-0.3, -0.25) is 4.99 Å². The number of methoxy groups -OCH3 is 1. The predicted molar refractivity (Wildman–Crippen MR) is 94.1 cm³/mol. The highest BCUT2D eigenvalue weighted by molar-refractivity contribution is 6.31. The summed E-state index contributed by atoms with van der Waals surface area (Å²) in [6.07, 6.45) is 1.56. The Balaban J connectivity index is 2.24. The summed E-state index contributed by atoms with van der Waals surface area (Å²) in [6.45, 7) is 0.333. The van der Waals surface area contributed by atoms with Gasteiger partial charge in [-0.05, 0) is 24.3 Å². The molecular formula is C18H21ClFN2O2+. The fraction of sp³-hybridized carbons (Fsp3) is 0.278. The quantitative estimate of drug-likeness (QED) is 0.785. The SMILES string of the molecule is COc1cccc(C=NC[C@@H](c2c(F)cccc2Cl)[NH+](C)C)c1O. The lowest BCUT2D eigenvalue weighted by atomic mass is 10.1. The van der Waals surface area contributed by atoms with E-state index in [4.69, 9.17) is 16.3 Å². The molecule has 0 bridgehead atoms. The van der Waals surface area contributed by atoms with Crippen LogP contribution in [-0.2, 0) is 0 Å². The Morgan fingerprint density at radius 2 is 2.00 bits per heavy atom. The van der Waals surface area contributed by atoms with Gasteiger partial charge < -0.3 is 14.7 Å². The van der Waals surface area contributed by atoms with Crippen LogP contribution in [-0.4, -0.2) is 39.1 Å². The summed E-state index contributed by atoms with van der Waals surface area (Å²) in [7, 11) is 5.33. The van der Waals surface area contributed by atoms with E-state index in [0.717, 1.165) is 4.90 Å². The Hall–Kier alpha value is -2.11. The molecule has 0 heterocycles. The van der Waals surface area contributed by atoms with Crippen molar-refractivity contribution in [1.82, 2.24) is 0 Å². The monoisotopic (exact) mass is 351 g/mol.